The lowest BCUT2D eigenvalue weighted by molar-refractivity contribution is 0.236. The van der Waals surface area contributed by atoms with E-state index in [2.05, 4.69) is 17.9 Å². The first-order valence-electron chi connectivity index (χ1n) is 9.22. The minimum absolute atomic E-state index is 0.262. The average molecular weight is 372 g/mol. The molecule has 0 aliphatic heterocycles. The highest BCUT2D eigenvalue weighted by Gasteiger charge is 2.13. The molecule has 0 aliphatic carbocycles. The molecule has 0 radical (unpaired) electrons. The fraction of sp³-hybridized carbons (Fsp3) is 0.0769. The molecule has 4 rings (SSSR count). The third kappa shape index (κ3) is 3.42. The SMILES string of the molecule is N#CCc1ccc2ccccc2c1C#Cc1c(C(O)C#N)ccc2ccccc12. The van der Waals surface area contributed by atoms with Gasteiger partial charge in [-0.3, -0.25) is 0 Å². The van der Waals surface area contributed by atoms with Crippen molar-refractivity contribution in [2.75, 3.05) is 0 Å². The largest absolute Gasteiger partial charge is 0.374 e. The maximum atomic E-state index is 10.2. The van der Waals surface area contributed by atoms with Crippen molar-refractivity contribution in [3.63, 3.8) is 0 Å². The summed E-state index contributed by atoms with van der Waals surface area (Å²) in [6.45, 7) is 0. The Hall–Kier alpha value is -4.10. The Morgan fingerprint density at radius 2 is 1.31 bits per heavy atom. The summed E-state index contributed by atoms with van der Waals surface area (Å²) in [7, 11) is 0. The van der Waals surface area contributed by atoms with Crippen LogP contribution in [0.2, 0.25) is 0 Å². The fourth-order valence-corrected chi connectivity index (χ4v) is 3.55. The molecule has 0 bridgehead atoms. The summed E-state index contributed by atoms with van der Waals surface area (Å²) in [5.41, 5.74) is 2.78. The molecule has 0 fully saturated rings. The van der Waals surface area contributed by atoms with Crippen LogP contribution < -0.4 is 0 Å². The smallest absolute Gasteiger partial charge is 0.167 e. The number of aliphatic hydroxyl groups excluding tert-OH is 1. The average Bonchev–Trinajstić information content (AvgIpc) is 2.77. The zero-order chi connectivity index (χ0) is 20.2. The number of hydrogen-bond donors (Lipinski definition) is 1. The molecule has 0 amide bonds. The van der Waals surface area contributed by atoms with Gasteiger partial charge in [-0.1, -0.05) is 84.6 Å². The maximum absolute atomic E-state index is 10.2. The lowest BCUT2D eigenvalue weighted by Gasteiger charge is -2.10. The number of nitrogens with zero attached hydrogens (tertiary/aromatic N) is 2. The quantitative estimate of drug-likeness (QED) is 0.397. The standard InChI is InChI=1S/C26H16N2O/c27-16-15-20-10-9-18-5-1-3-7-21(18)23(20)13-14-24-22-8-4-2-6-19(22)11-12-25(24)26(29)17-28/h1-12,26,29H,15H2. The van der Waals surface area contributed by atoms with E-state index in [9.17, 15) is 15.6 Å². The molecule has 4 aromatic carbocycles. The van der Waals surface area contributed by atoms with Crippen molar-refractivity contribution >= 4 is 21.5 Å². The Bertz CT molecular complexity index is 1380. The zero-order valence-corrected chi connectivity index (χ0v) is 15.6. The fourth-order valence-electron chi connectivity index (χ4n) is 3.55. The molecular weight excluding hydrogens is 356 g/mol. The summed E-state index contributed by atoms with van der Waals surface area (Å²) < 4.78 is 0. The predicted octanol–water partition coefficient (Wildman–Crippen LogP) is 5.02. The van der Waals surface area contributed by atoms with Gasteiger partial charge >= 0.3 is 0 Å². The van der Waals surface area contributed by atoms with Gasteiger partial charge in [0, 0.05) is 16.7 Å². The summed E-state index contributed by atoms with van der Waals surface area (Å²) >= 11 is 0. The van der Waals surface area contributed by atoms with Crippen LogP contribution in [-0.2, 0) is 6.42 Å². The lowest BCUT2D eigenvalue weighted by Crippen LogP contribution is -1.98. The molecule has 4 aromatic rings. The summed E-state index contributed by atoms with van der Waals surface area (Å²) in [6.07, 6.45) is -0.993. The zero-order valence-electron chi connectivity index (χ0n) is 15.6. The molecule has 1 N–H and O–H groups in total. The topological polar surface area (TPSA) is 67.8 Å². The molecule has 0 aliphatic rings. The van der Waals surface area contributed by atoms with Crippen LogP contribution in [0.1, 0.15) is 28.4 Å². The van der Waals surface area contributed by atoms with E-state index in [0.717, 1.165) is 32.7 Å². The van der Waals surface area contributed by atoms with Crippen LogP contribution in [0.3, 0.4) is 0 Å². The molecular formula is C26H16N2O. The van der Waals surface area contributed by atoms with Gasteiger partial charge in [0.05, 0.1) is 18.6 Å². The number of benzene rings is 4. The van der Waals surface area contributed by atoms with Gasteiger partial charge in [0.1, 0.15) is 0 Å². The molecule has 0 spiro atoms. The van der Waals surface area contributed by atoms with E-state index >= 15 is 0 Å². The third-order valence-corrected chi connectivity index (χ3v) is 4.98. The first-order valence-corrected chi connectivity index (χ1v) is 9.22. The Morgan fingerprint density at radius 1 is 0.724 bits per heavy atom. The highest BCUT2D eigenvalue weighted by atomic mass is 16.3. The first kappa shape index (κ1) is 18.3. The van der Waals surface area contributed by atoms with Gasteiger partial charge in [-0.15, -0.1) is 0 Å². The highest BCUT2D eigenvalue weighted by Crippen LogP contribution is 2.27. The van der Waals surface area contributed by atoms with E-state index in [1.807, 2.05) is 72.8 Å². The number of rotatable bonds is 2. The first-order chi connectivity index (χ1) is 14.2. The van der Waals surface area contributed by atoms with Crippen molar-refractivity contribution in [3.05, 3.63) is 95.1 Å². The van der Waals surface area contributed by atoms with E-state index in [4.69, 9.17) is 0 Å². The molecule has 0 aromatic heterocycles. The van der Waals surface area contributed by atoms with E-state index in [1.165, 1.54) is 0 Å². The van der Waals surface area contributed by atoms with Crippen molar-refractivity contribution < 1.29 is 5.11 Å². The molecule has 136 valence electrons. The summed E-state index contributed by atoms with van der Waals surface area (Å²) in [5, 5.41) is 32.6. The monoisotopic (exact) mass is 372 g/mol. The molecule has 0 heterocycles. The Kier molecular flexibility index (Phi) is 4.96. The van der Waals surface area contributed by atoms with Crippen LogP contribution in [0, 0.1) is 34.5 Å². The number of aliphatic hydroxyl groups is 1. The Morgan fingerprint density at radius 3 is 1.97 bits per heavy atom. The van der Waals surface area contributed by atoms with Crippen molar-refractivity contribution in [1.29, 1.82) is 10.5 Å². The Balaban J connectivity index is 2.00. The van der Waals surface area contributed by atoms with Gasteiger partial charge in [0.25, 0.3) is 0 Å². The predicted molar refractivity (Wildman–Crippen MR) is 114 cm³/mol. The second kappa shape index (κ2) is 7.87. The molecule has 1 unspecified atom stereocenters. The minimum Gasteiger partial charge on any atom is -0.374 e. The second-order valence-corrected chi connectivity index (χ2v) is 6.69. The van der Waals surface area contributed by atoms with E-state index in [0.29, 0.717) is 11.1 Å². The van der Waals surface area contributed by atoms with E-state index in [-0.39, 0.29) is 6.42 Å². The van der Waals surface area contributed by atoms with Crippen molar-refractivity contribution in [3.8, 4) is 24.0 Å². The van der Waals surface area contributed by atoms with Gasteiger partial charge in [-0.25, -0.2) is 0 Å². The van der Waals surface area contributed by atoms with Crippen LogP contribution in [0.4, 0.5) is 0 Å². The van der Waals surface area contributed by atoms with Crippen molar-refractivity contribution in [2.24, 2.45) is 0 Å². The highest BCUT2D eigenvalue weighted by molar-refractivity contribution is 5.92. The molecule has 0 saturated heterocycles. The van der Waals surface area contributed by atoms with E-state index < -0.39 is 6.10 Å². The van der Waals surface area contributed by atoms with Crippen LogP contribution in [-0.4, -0.2) is 5.11 Å². The molecule has 3 heteroatoms. The van der Waals surface area contributed by atoms with Gasteiger partial charge in [0.15, 0.2) is 6.10 Å². The normalized spacial score (nSPS) is 11.3. The van der Waals surface area contributed by atoms with Gasteiger partial charge < -0.3 is 5.11 Å². The second-order valence-electron chi connectivity index (χ2n) is 6.69. The minimum atomic E-state index is -1.25. The van der Waals surface area contributed by atoms with Crippen LogP contribution in [0.25, 0.3) is 21.5 Å². The third-order valence-electron chi connectivity index (χ3n) is 4.98. The molecule has 29 heavy (non-hydrogen) atoms. The molecule has 3 nitrogen and oxygen atoms in total. The number of fused-ring (bicyclic) bond motifs is 2. The Labute approximate surface area is 169 Å². The van der Waals surface area contributed by atoms with Crippen LogP contribution in [0.5, 0.6) is 0 Å². The lowest BCUT2D eigenvalue weighted by atomic mass is 9.94. The molecule has 1 atom stereocenters. The van der Waals surface area contributed by atoms with E-state index in [1.54, 1.807) is 6.07 Å². The number of nitriles is 2. The van der Waals surface area contributed by atoms with Gasteiger partial charge in [0.2, 0.25) is 0 Å². The number of hydrogen-bond acceptors (Lipinski definition) is 3. The van der Waals surface area contributed by atoms with Crippen molar-refractivity contribution in [1.82, 2.24) is 0 Å². The van der Waals surface area contributed by atoms with Crippen LogP contribution in [0.15, 0.2) is 72.8 Å². The van der Waals surface area contributed by atoms with Gasteiger partial charge in [-0.05, 0) is 27.1 Å². The van der Waals surface area contributed by atoms with Crippen molar-refractivity contribution in [2.45, 2.75) is 12.5 Å². The van der Waals surface area contributed by atoms with Gasteiger partial charge in [-0.2, -0.15) is 10.5 Å². The summed E-state index contributed by atoms with van der Waals surface area (Å²) in [4.78, 5) is 0. The summed E-state index contributed by atoms with van der Waals surface area (Å²) in [6, 6.07) is 27.3. The van der Waals surface area contributed by atoms with Crippen LogP contribution >= 0.6 is 0 Å². The maximum Gasteiger partial charge on any atom is 0.167 e. The molecule has 0 saturated carbocycles. The summed E-state index contributed by atoms with van der Waals surface area (Å²) in [5.74, 6) is 6.46.